The van der Waals surface area contributed by atoms with Crippen LogP contribution in [0.25, 0.3) is 0 Å². The van der Waals surface area contributed by atoms with Gasteiger partial charge in [0, 0.05) is 37.7 Å². The molecule has 3 N–H and O–H groups in total. The van der Waals surface area contributed by atoms with Gasteiger partial charge in [-0.15, -0.1) is 0 Å². The van der Waals surface area contributed by atoms with Crippen molar-refractivity contribution >= 4 is 21.8 Å². The molecule has 2 amide bonds. The molecule has 0 spiro atoms. The van der Waals surface area contributed by atoms with E-state index < -0.39 is 32.5 Å². The van der Waals surface area contributed by atoms with Crippen molar-refractivity contribution in [3.63, 3.8) is 0 Å². The number of nitrogens with zero attached hydrogens (tertiary/aromatic N) is 1. The monoisotopic (exact) mass is 481 g/mol. The van der Waals surface area contributed by atoms with Crippen molar-refractivity contribution in [3.8, 4) is 5.75 Å². The maximum atomic E-state index is 13.9. The van der Waals surface area contributed by atoms with Crippen LogP contribution in [0.2, 0.25) is 0 Å². The van der Waals surface area contributed by atoms with E-state index in [4.69, 9.17) is 0 Å². The van der Waals surface area contributed by atoms with Crippen LogP contribution in [0.5, 0.6) is 5.75 Å². The average molecular weight is 482 g/mol. The smallest absolute Gasteiger partial charge is 0.251 e. The summed E-state index contributed by atoms with van der Waals surface area (Å²) in [7, 11) is -4.19. The van der Waals surface area contributed by atoms with Crippen LogP contribution in [-0.4, -0.2) is 55.8 Å². The number of sulfonamides is 1. The number of hydrogen-bond acceptors (Lipinski definition) is 5. The number of aromatic hydroxyl groups is 1. The normalized spacial score (nSPS) is 15.2. The third-order valence-electron chi connectivity index (χ3n) is 5.38. The molecule has 0 aromatic heterocycles. The Morgan fingerprint density at radius 1 is 1.03 bits per heavy atom. The van der Waals surface area contributed by atoms with E-state index in [9.17, 15) is 31.9 Å². The van der Waals surface area contributed by atoms with Crippen LogP contribution in [0.3, 0.4) is 0 Å². The number of piperidine rings is 1. The molecule has 0 radical (unpaired) electrons. The summed E-state index contributed by atoms with van der Waals surface area (Å²) in [5, 5.41) is 14.9. The fourth-order valence-corrected chi connectivity index (χ4v) is 5.11. The molecule has 1 aliphatic heterocycles. The van der Waals surface area contributed by atoms with Crippen molar-refractivity contribution < 1.29 is 31.9 Å². The number of hydrogen-bond donors (Lipinski definition) is 3. The topological polar surface area (TPSA) is 116 Å². The molecule has 0 atom stereocenters. The van der Waals surface area contributed by atoms with E-state index in [1.54, 1.807) is 12.1 Å². The fraction of sp³-hybridized carbons (Fsp3) is 0.364. The highest BCUT2D eigenvalue weighted by atomic mass is 32.2. The second kappa shape index (κ2) is 10.7. The molecular weight excluding hydrogens is 456 g/mol. The van der Waals surface area contributed by atoms with Crippen LogP contribution < -0.4 is 10.6 Å². The first kappa shape index (κ1) is 24.6. The van der Waals surface area contributed by atoms with Crippen LogP contribution in [0.4, 0.5) is 8.78 Å². The Kier molecular flexibility index (Phi) is 7.98. The van der Waals surface area contributed by atoms with Crippen molar-refractivity contribution in [3.05, 3.63) is 59.7 Å². The molecule has 1 aliphatic rings. The lowest BCUT2D eigenvalue weighted by molar-refractivity contribution is -0.126. The maximum Gasteiger partial charge on any atom is 0.251 e. The number of rotatable bonds is 8. The van der Waals surface area contributed by atoms with Gasteiger partial charge in [-0.25, -0.2) is 17.2 Å². The van der Waals surface area contributed by atoms with E-state index in [-0.39, 0.29) is 43.5 Å². The summed E-state index contributed by atoms with van der Waals surface area (Å²) in [6, 6.07) is 8.24. The van der Waals surface area contributed by atoms with Crippen molar-refractivity contribution in [2.45, 2.75) is 24.2 Å². The largest absolute Gasteiger partial charge is 0.508 e. The molecule has 33 heavy (non-hydrogen) atoms. The summed E-state index contributed by atoms with van der Waals surface area (Å²) < 4.78 is 53.6. The average Bonchev–Trinajstić information content (AvgIpc) is 2.80. The van der Waals surface area contributed by atoms with Gasteiger partial charge in [-0.3, -0.25) is 9.59 Å². The molecule has 2 aromatic carbocycles. The van der Waals surface area contributed by atoms with E-state index in [2.05, 4.69) is 10.6 Å². The van der Waals surface area contributed by atoms with Gasteiger partial charge in [-0.05, 0) is 55.7 Å². The molecule has 3 rings (SSSR count). The number of carbonyl (C=O) groups is 2. The van der Waals surface area contributed by atoms with Gasteiger partial charge in [0.2, 0.25) is 15.9 Å². The molecule has 1 saturated heterocycles. The Labute approximate surface area is 190 Å². The molecule has 178 valence electrons. The zero-order valence-electron chi connectivity index (χ0n) is 17.8. The van der Waals surface area contributed by atoms with Gasteiger partial charge in [-0.1, -0.05) is 6.07 Å². The quantitative estimate of drug-likeness (QED) is 0.499. The minimum absolute atomic E-state index is 0.00479. The van der Waals surface area contributed by atoms with Gasteiger partial charge in [0.15, 0.2) is 0 Å². The van der Waals surface area contributed by atoms with Gasteiger partial charge in [-0.2, -0.15) is 4.31 Å². The predicted octanol–water partition coefficient (Wildman–Crippen LogP) is 2.01. The van der Waals surface area contributed by atoms with Gasteiger partial charge in [0.1, 0.15) is 22.3 Å². The van der Waals surface area contributed by atoms with Crippen molar-refractivity contribution in [1.29, 1.82) is 0 Å². The summed E-state index contributed by atoms with van der Waals surface area (Å²) in [6.45, 7) is 0.698. The highest BCUT2D eigenvalue weighted by Gasteiger charge is 2.33. The molecule has 2 aromatic rings. The molecule has 8 nitrogen and oxygen atoms in total. The number of benzene rings is 2. The number of phenolic OH excluding ortho intramolecular Hbond substituents is 1. The standard InChI is InChI=1S/C22H25F2N3O5S/c23-17-5-6-19(24)20(14-17)33(31,32)27-11-7-15(8-12-27)21(29)25-9-2-10-26-22(30)16-3-1-4-18(28)13-16/h1,3-6,13-15,28H,2,7-12H2,(H,25,29)(H,26,30). The van der Waals surface area contributed by atoms with Crippen LogP contribution >= 0.6 is 0 Å². The zero-order chi connectivity index (χ0) is 24.0. The number of phenols is 1. The maximum absolute atomic E-state index is 13.9. The number of halogens is 2. The second-order valence-electron chi connectivity index (χ2n) is 7.70. The molecular formula is C22H25F2N3O5S. The highest BCUT2D eigenvalue weighted by Crippen LogP contribution is 2.26. The predicted molar refractivity (Wildman–Crippen MR) is 116 cm³/mol. The number of carbonyl (C=O) groups excluding carboxylic acids is 2. The van der Waals surface area contributed by atoms with E-state index >= 15 is 0 Å². The van der Waals surface area contributed by atoms with Gasteiger partial charge >= 0.3 is 0 Å². The van der Waals surface area contributed by atoms with Crippen LogP contribution in [0.1, 0.15) is 29.6 Å². The molecule has 1 fully saturated rings. The first-order valence-corrected chi connectivity index (χ1v) is 11.9. The SMILES string of the molecule is O=C(NCCCNC(=O)C1CCN(S(=O)(=O)c2cc(F)ccc2F)CC1)c1cccc(O)c1. The van der Waals surface area contributed by atoms with Gasteiger partial charge < -0.3 is 15.7 Å². The highest BCUT2D eigenvalue weighted by molar-refractivity contribution is 7.89. The fourth-order valence-electron chi connectivity index (χ4n) is 3.57. The molecule has 0 bridgehead atoms. The molecule has 0 aliphatic carbocycles. The third-order valence-corrected chi connectivity index (χ3v) is 7.30. The number of nitrogens with one attached hydrogen (secondary N) is 2. The van der Waals surface area contributed by atoms with Crippen molar-refractivity contribution in [2.24, 2.45) is 5.92 Å². The minimum atomic E-state index is -4.19. The first-order chi connectivity index (χ1) is 15.7. The van der Waals surface area contributed by atoms with E-state index in [0.717, 1.165) is 16.4 Å². The third kappa shape index (κ3) is 6.26. The summed E-state index contributed by atoms with van der Waals surface area (Å²) >= 11 is 0. The Balaban J connectivity index is 1.40. The Morgan fingerprint density at radius 2 is 1.73 bits per heavy atom. The number of amides is 2. The Hall–Kier alpha value is -3.05. The van der Waals surface area contributed by atoms with Crippen molar-refractivity contribution in [1.82, 2.24) is 14.9 Å². The molecule has 11 heteroatoms. The minimum Gasteiger partial charge on any atom is -0.508 e. The summed E-state index contributed by atoms with van der Waals surface area (Å²) in [4.78, 5) is 23.7. The van der Waals surface area contributed by atoms with Crippen LogP contribution in [0.15, 0.2) is 47.4 Å². The lowest BCUT2D eigenvalue weighted by Gasteiger charge is -2.30. The first-order valence-electron chi connectivity index (χ1n) is 10.5. The molecule has 1 heterocycles. The summed E-state index contributed by atoms with van der Waals surface area (Å²) in [6.07, 6.45) is 1.01. The molecule has 0 saturated carbocycles. The van der Waals surface area contributed by atoms with E-state index in [1.165, 1.54) is 12.1 Å². The van der Waals surface area contributed by atoms with E-state index in [0.29, 0.717) is 31.1 Å². The van der Waals surface area contributed by atoms with Crippen molar-refractivity contribution in [2.75, 3.05) is 26.2 Å². The summed E-state index contributed by atoms with van der Waals surface area (Å²) in [5.41, 5.74) is 0.332. The van der Waals surface area contributed by atoms with Crippen LogP contribution in [0, 0.1) is 17.6 Å². The second-order valence-corrected chi connectivity index (χ2v) is 9.61. The molecule has 0 unspecified atom stereocenters. The van der Waals surface area contributed by atoms with Crippen LogP contribution in [-0.2, 0) is 14.8 Å². The Morgan fingerprint density at radius 3 is 2.42 bits per heavy atom. The lowest BCUT2D eigenvalue weighted by atomic mass is 9.97. The van der Waals surface area contributed by atoms with Gasteiger partial charge in [0.25, 0.3) is 5.91 Å². The lowest BCUT2D eigenvalue weighted by Crippen LogP contribution is -2.43. The summed E-state index contributed by atoms with van der Waals surface area (Å²) in [5.74, 6) is -2.82. The van der Waals surface area contributed by atoms with E-state index in [1.807, 2.05) is 0 Å². The Bertz CT molecular complexity index is 1120. The van der Waals surface area contributed by atoms with Gasteiger partial charge in [0.05, 0.1) is 0 Å². The zero-order valence-corrected chi connectivity index (χ0v) is 18.6.